The highest BCUT2D eigenvalue weighted by molar-refractivity contribution is 5.77. The Morgan fingerprint density at radius 2 is 2.23 bits per heavy atom. The van der Waals surface area contributed by atoms with Crippen LogP contribution >= 0.6 is 0 Å². The van der Waals surface area contributed by atoms with Gasteiger partial charge in [-0.3, -0.25) is 4.79 Å². The zero-order valence-corrected chi connectivity index (χ0v) is 8.60. The summed E-state index contributed by atoms with van der Waals surface area (Å²) in [6.07, 6.45) is 1.88. The molecule has 0 aliphatic carbocycles. The van der Waals surface area contributed by atoms with E-state index in [0.29, 0.717) is 25.7 Å². The second-order valence-electron chi connectivity index (χ2n) is 3.18. The Balaban J connectivity index is 3.30. The van der Waals surface area contributed by atoms with Crippen molar-refractivity contribution < 1.29 is 4.79 Å². The van der Waals surface area contributed by atoms with Gasteiger partial charge in [-0.1, -0.05) is 6.92 Å². The Morgan fingerprint density at radius 3 is 2.77 bits per heavy atom. The molecule has 4 N–H and O–H groups in total. The number of nitrogens with two attached hydrogens (primary N) is 1. The highest BCUT2D eigenvalue weighted by atomic mass is 16.1. The van der Waals surface area contributed by atoms with Crippen LogP contribution in [0.5, 0.6) is 0 Å². The molecule has 0 aromatic carbocycles. The van der Waals surface area contributed by atoms with Gasteiger partial charge in [-0.25, -0.2) is 0 Å². The highest BCUT2D eigenvalue weighted by Crippen LogP contribution is 1.85. The number of hydrogen-bond acceptors (Lipinski definition) is 3. The van der Waals surface area contributed by atoms with E-state index in [0.717, 1.165) is 12.8 Å². The minimum Gasteiger partial charge on any atom is -0.355 e. The van der Waals surface area contributed by atoms with E-state index in [1.54, 1.807) is 0 Å². The molecule has 0 rings (SSSR count). The van der Waals surface area contributed by atoms with Gasteiger partial charge in [0.05, 0.1) is 6.54 Å². The van der Waals surface area contributed by atoms with E-state index in [9.17, 15) is 4.79 Å². The summed E-state index contributed by atoms with van der Waals surface area (Å²) >= 11 is 0. The molecule has 0 bridgehead atoms. The topological polar surface area (TPSA) is 67.2 Å². The summed E-state index contributed by atoms with van der Waals surface area (Å²) in [4.78, 5) is 11.1. The Labute approximate surface area is 80.3 Å². The third-order valence-corrected chi connectivity index (χ3v) is 1.93. The first kappa shape index (κ1) is 12.4. The highest BCUT2D eigenvalue weighted by Gasteiger charge is 2.02. The van der Waals surface area contributed by atoms with Crippen molar-refractivity contribution >= 4 is 5.91 Å². The van der Waals surface area contributed by atoms with Crippen LogP contribution in [0.1, 0.15) is 26.7 Å². The number of carbonyl (C=O) groups excluding carboxylic acids is 1. The molecule has 0 spiro atoms. The van der Waals surface area contributed by atoms with Crippen LogP contribution in [0.2, 0.25) is 0 Å². The van der Waals surface area contributed by atoms with E-state index >= 15 is 0 Å². The lowest BCUT2D eigenvalue weighted by Gasteiger charge is -2.10. The van der Waals surface area contributed by atoms with Gasteiger partial charge in [0.25, 0.3) is 0 Å². The van der Waals surface area contributed by atoms with E-state index < -0.39 is 0 Å². The summed E-state index contributed by atoms with van der Waals surface area (Å²) in [6.45, 7) is 5.85. The molecule has 0 aromatic heterocycles. The SMILES string of the molecule is CCC(C)NCC(=O)NCCCN. The van der Waals surface area contributed by atoms with E-state index in [1.165, 1.54) is 0 Å². The number of rotatable bonds is 7. The summed E-state index contributed by atoms with van der Waals surface area (Å²) in [7, 11) is 0. The second-order valence-corrected chi connectivity index (χ2v) is 3.18. The van der Waals surface area contributed by atoms with Crippen LogP contribution in [0.25, 0.3) is 0 Å². The first-order valence-corrected chi connectivity index (χ1v) is 4.90. The first-order chi connectivity index (χ1) is 6.20. The third kappa shape index (κ3) is 7.74. The van der Waals surface area contributed by atoms with Crippen LogP contribution in [-0.4, -0.2) is 31.6 Å². The van der Waals surface area contributed by atoms with Crippen molar-refractivity contribution in [3.63, 3.8) is 0 Å². The van der Waals surface area contributed by atoms with Crippen LogP contribution < -0.4 is 16.4 Å². The molecule has 4 heteroatoms. The minimum atomic E-state index is 0.0498. The van der Waals surface area contributed by atoms with Crippen LogP contribution in [0.3, 0.4) is 0 Å². The van der Waals surface area contributed by atoms with Gasteiger partial charge in [0, 0.05) is 12.6 Å². The normalized spacial score (nSPS) is 12.5. The molecule has 0 aliphatic heterocycles. The van der Waals surface area contributed by atoms with Gasteiger partial charge in [0.1, 0.15) is 0 Å². The Hall–Kier alpha value is -0.610. The van der Waals surface area contributed by atoms with Crippen molar-refractivity contribution in [2.45, 2.75) is 32.7 Å². The van der Waals surface area contributed by atoms with Crippen LogP contribution in [0.15, 0.2) is 0 Å². The van der Waals surface area contributed by atoms with Crippen molar-refractivity contribution in [1.82, 2.24) is 10.6 Å². The fourth-order valence-electron chi connectivity index (χ4n) is 0.804. The Morgan fingerprint density at radius 1 is 1.54 bits per heavy atom. The third-order valence-electron chi connectivity index (χ3n) is 1.93. The second kappa shape index (κ2) is 8.01. The molecule has 1 amide bonds. The van der Waals surface area contributed by atoms with Crippen molar-refractivity contribution in [2.24, 2.45) is 5.73 Å². The lowest BCUT2D eigenvalue weighted by atomic mass is 10.2. The smallest absolute Gasteiger partial charge is 0.233 e. The lowest BCUT2D eigenvalue weighted by Crippen LogP contribution is -2.38. The zero-order chi connectivity index (χ0) is 10.1. The summed E-state index contributed by atoms with van der Waals surface area (Å²) < 4.78 is 0. The van der Waals surface area contributed by atoms with Gasteiger partial charge in [0.15, 0.2) is 0 Å². The van der Waals surface area contributed by atoms with E-state index in [4.69, 9.17) is 5.73 Å². The van der Waals surface area contributed by atoms with Gasteiger partial charge in [-0.05, 0) is 26.3 Å². The molecule has 0 aromatic rings. The predicted molar refractivity (Wildman–Crippen MR) is 54.4 cm³/mol. The minimum absolute atomic E-state index is 0.0498. The monoisotopic (exact) mass is 187 g/mol. The first-order valence-electron chi connectivity index (χ1n) is 4.90. The van der Waals surface area contributed by atoms with Gasteiger partial charge in [-0.15, -0.1) is 0 Å². The van der Waals surface area contributed by atoms with Crippen LogP contribution in [0, 0.1) is 0 Å². The molecule has 0 fully saturated rings. The average Bonchev–Trinajstić information content (AvgIpc) is 2.14. The van der Waals surface area contributed by atoms with Crippen molar-refractivity contribution in [3.8, 4) is 0 Å². The molecule has 78 valence electrons. The fraction of sp³-hybridized carbons (Fsp3) is 0.889. The molecule has 4 nitrogen and oxygen atoms in total. The maximum absolute atomic E-state index is 11.1. The molecule has 0 saturated heterocycles. The standard InChI is InChI=1S/C9H21N3O/c1-3-8(2)12-7-9(13)11-6-4-5-10/h8,12H,3-7,10H2,1-2H3,(H,11,13). The summed E-state index contributed by atoms with van der Waals surface area (Å²) in [5.41, 5.74) is 5.29. The molecular formula is C9H21N3O. The summed E-state index contributed by atoms with van der Waals surface area (Å²) in [6, 6.07) is 0.403. The quantitative estimate of drug-likeness (QED) is 0.485. The Kier molecular flexibility index (Phi) is 7.63. The Bertz CT molecular complexity index is 139. The molecule has 13 heavy (non-hydrogen) atoms. The van der Waals surface area contributed by atoms with E-state index in [-0.39, 0.29) is 5.91 Å². The average molecular weight is 187 g/mol. The largest absolute Gasteiger partial charge is 0.355 e. The molecular weight excluding hydrogens is 166 g/mol. The molecule has 0 radical (unpaired) electrons. The molecule has 0 saturated carbocycles. The lowest BCUT2D eigenvalue weighted by molar-refractivity contribution is -0.120. The maximum Gasteiger partial charge on any atom is 0.233 e. The van der Waals surface area contributed by atoms with Crippen molar-refractivity contribution in [1.29, 1.82) is 0 Å². The number of amides is 1. The number of hydrogen-bond donors (Lipinski definition) is 3. The van der Waals surface area contributed by atoms with Gasteiger partial charge in [0.2, 0.25) is 5.91 Å². The molecule has 1 unspecified atom stereocenters. The predicted octanol–water partition coefficient (Wildman–Crippen LogP) is -0.160. The van der Waals surface area contributed by atoms with E-state index in [1.807, 2.05) is 0 Å². The molecule has 0 aliphatic rings. The number of carbonyl (C=O) groups is 1. The summed E-state index contributed by atoms with van der Waals surface area (Å²) in [5, 5.41) is 5.90. The van der Waals surface area contributed by atoms with Gasteiger partial charge < -0.3 is 16.4 Å². The van der Waals surface area contributed by atoms with Crippen LogP contribution in [0.4, 0.5) is 0 Å². The summed E-state index contributed by atoms with van der Waals surface area (Å²) in [5.74, 6) is 0.0498. The van der Waals surface area contributed by atoms with Crippen molar-refractivity contribution in [3.05, 3.63) is 0 Å². The molecule has 1 atom stereocenters. The van der Waals surface area contributed by atoms with Crippen molar-refractivity contribution in [2.75, 3.05) is 19.6 Å². The molecule has 0 heterocycles. The maximum atomic E-state index is 11.1. The van der Waals surface area contributed by atoms with Gasteiger partial charge in [-0.2, -0.15) is 0 Å². The van der Waals surface area contributed by atoms with Crippen LogP contribution in [-0.2, 0) is 4.79 Å². The van der Waals surface area contributed by atoms with E-state index in [2.05, 4.69) is 24.5 Å². The fourth-order valence-corrected chi connectivity index (χ4v) is 0.804. The number of nitrogens with one attached hydrogen (secondary N) is 2. The van der Waals surface area contributed by atoms with Gasteiger partial charge >= 0.3 is 0 Å². The zero-order valence-electron chi connectivity index (χ0n) is 8.60.